The van der Waals surface area contributed by atoms with E-state index in [1.54, 1.807) is 25.3 Å². The number of hydrogen-bond acceptors (Lipinski definition) is 6. The minimum Gasteiger partial charge on any atom is -0.497 e. The highest BCUT2D eigenvalue weighted by molar-refractivity contribution is 8.15. The molecule has 1 fully saturated rings. The molecule has 1 atom stereocenters. The number of nitrogens with zero attached hydrogens (tertiary/aromatic N) is 3. The third-order valence-corrected chi connectivity index (χ3v) is 5.78. The Bertz CT molecular complexity index is 896. The fraction of sp³-hybridized carbons (Fsp3) is 0.318. The van der Waals surface area contributed by atoms with E-state index in [9.17, 15) is 4.79 Å². The van der Waals surface area contributed by atoms with Crippen molar-refractivity contribution in [3.05, 3.63) is 59.7 Å². The molecule has 2 aromatic rings. The van der Waals surface area contributed by atoms with Crippen LogP contribution in [0.1, 0.15) is 30.9 Å². The molecule has 1 unspecified atom stereocenters. The predicted molar refractivity (Wildman–Crippen MR) is 118 cm³/mol. The van der Waals surface area contributed by atoms with Crippen molar-refractivity contribution in [3.63, 3.8) is 0 Å². The summed E-state index contributed by atoms with van der Waals surface area (Å²) in [6, 6.07) is 15.3. The molecule has 0 aliphatic carbocycles. The quantitative estimate of drug-likeness (QED) is 0.479. The summed E-state index contributed by atoms with van der Waals surface area (Å²) in [4.78, 5) is 14.6. The monoisotopic (exact) mass is 411 g/mol. The molecule has 1 aliphatic heterocycles. The topological polar surface area (TPSA) is 63.5 Å². The molecule has 0 radical (unpaired) electrons. The molecule has 0 N–H and O–H groups in total. The van der Waals surface area contributed by atoms with Gasteiger partial charge in [-0.2, -0.15) is 5.10 Å². The number of hydrogen-bond donors (Lipinski definition) is 0. The summed E-state index contributed by atoms with van der Waals surface area (Å²) in [5.41, 5.74) is 1.85. The van der Waals surface area contributed by atoms with E-state index in [0.29, 0.717) is 11.7 Å². The predicted octanol–water partition coefficient (Wildman–Crippen LogP) is 4.34. The van der Waals surface area contributed by atoms with Crippen molar-refractivity contribution in [1.29, 1.82) is 0 Å². The summed E-state index contributed by atoms with van der Waals surface area (Å²) >= 11 is 1.48. The second-order valence-electron chi connectivity index (χ2n) is 6.54. The first-order chi connectivity index (χ1) is 14.2. The molecule has 0 spiro atoms. The number of amides is 1. The van der Waals surface area contributed by atoms with Crippen LogP contribution in [0.25, 0.3) is 0 Å². The Labute approximate surface area is 175 Å². The molecule has 0 aromatic heterocycles. The van der Waals surface area contributed by atoms with Crippen LogP contribution in [-0.2, 0) is 11.3 Å². The average Bonchev–Trinajstić information content (AvgIpc) is 3.04. The highest BCUT2D eigenvalue weighted by Gasteiger charge is 2.37. The summed E-state index contributed by atoms with van der Waals surface area (Å²) in [5.74, 6) is 1.60. The fourth-order valence-electron chi connectivity index (χ4n) is 3.00. The number of ether oxygens (including phenoxy) is 2. The zero-order valence-corrected chi connectivity index (χ0v) is 17.7. The van der Waals surface area contributed by atoms with E-state index >= 15 is 0 Å². The van der Waals surface area contributed by atoms with Gasteiger partial charge < -0.3 is 9.47 Å². The molecule has 6 nitrogen and oxygen atoms in total. The van der Waals surface area contributed by atoms with Gasteiger partial charge in [0.1, 0.15) is 11.5 Å². The number of para-hydroxylation sites is 1. The van der Waals surface area contributed by atoms with E-state index in [2.05, 4.69) is 17.1 Å². The van der Waals surface area contributed by atoms with E-state index in [4.69, 9.17) is 9.47 Å². The lowest BCUT2D eigenvalue weighted by Crippen LogP contribution is -2.31. The fourth-order valence-corrected chi connectivity index (χ4v) is 4.22. The smallest absolute Gasteiger partial charge is 0.242 e. The summed E-state index contributed by atoms with van der Waals surface area (Å²) in [6.45, 7) is 2.54. The molecule has 1 saturated heterocycles. The summed E-state index contributed by atoms with van der Waals surface area (Å²) in [7, 11) is 3.26. The zero-order chi connectivity index (χ0) is 20.6. The van der Waals surface area contributed by atoms with Crippen molar-refractivity contribution in [2.45, 2.75) is 31.6 Å². The lowest BCUT2D eigenvalue weighted by atomic mass is 10.2. The van der Waals surface area contributed by atoms with Crippen LogP contribution >= 0.6 is 11.8 Å². The molecule has 29 heavy (non-hydrogen) atoms. The minimum atomic E-state index is -0.113. The summed E-state index contributed by atoms with van der Waals surface area (Å²) in [6.07, 6.45) is 3.41. The van der Waals surface area contributed by atoms with E-state index < -0.39 is 0 Å². The average molecular weight is 412 g/mol. The van der Waals surface area contributed by atoms with E-state index in [1.807, 2.05) is 48.5 Å². The Morgan fingerprint density at radius 3 is 2.55 bits per heavy atom. The second kappa shape index (κ2) is 10.1. The van der Waals surface area contributed by atoms with Crippen LogP contribution < -0.4 is 9.47 Å². The molecular formula is C22H25N3O3S. The van der Waals surface area contributed by atoms with Crippen molar-refractivity contribution in [2.75, 3.05) is 14.2 Å². The first-order valence-electron chi connectivity index (χ1n) is 9.51. The van der Waals surface area contributed by atoms with Gasteiger partial charge in [0, 0.05) is 5.56 Å². The van der Waals surface area contributed by atoms with Crippen LogP contribution in [0.15, 0.2) is 58.7 Å². The molecular weight excluding hydrogens is 386 g/mol. The molecule has 7 heteroatoms. The lowest BCUT2D eigenvalue weighted by Gasteiger charge is -2.16. The largest absolute Gasteiger partial charge is 0.497 e. The van der Waals surface area contributed by atoms with Crippen LogP contribution in [0, 0.1) is 0 Å². The molecule has 3 rings (SSSR count). The number of benzene rings is 2. The molecule has 0 bridgehead atoms. The molecule has 1 heterocycles. The van der Waals surface area contributed by atoms with Gasteiger partial charge in [-0.1, -0.05) is 49.4 Å². The van der Waals surface area contributed by atoms with Gasteiger partial charge in [-0.15, -0.1) is 5.10 Å². The van der Waals surface area contributed by atoms with Gasteiger partial charge in [0.2, 0.25) is 5.91 Å². The van der Waals surface area contributed by atoms with Crippen molar-refractivity contribution >= 4 is 29.1 Å². The number of amidine groups is 1. The highest BCUT2D eigenvalue weighted by atomic mass is 32.2. The van der Waals surface area contributed by atoms with Crippen molar-refractivity contribution < 1.29 is 14.3 Å². The lowest BCUT2D eigenvalue weighted by molar-refractivity contribution is -0.126. The first kappa shape index (κ1) is 20.9. The van der Waals surface area contributed by atoms with E-state index in [-0.39, 0.29) is 11.2 Å². The van der Waals surface area contributed by atoms with Crippen molar-refractivity contribution in [2.24, 2.45) is 10.2 Å². The van der Waals surface area contributed by atoms with Crippen molar-refractivity contribution in [1.82, 2.24) is 4.90 Å². The van der Waals surface area contributed by atoms with Crippen LogP contribution in [0.5, 0.6) is 11.5 Å². The maximum atomic E-state index is 12.9. The molecule has 152 valence electrons. The van der Waals surface area contributed by atoms with Crippen LogP contribution in [0.4, 0.5) is 0 Å². The molecule has 1 aliphatic rings. The number of carbonyl (C=O) groups is 1. The zero-order valence-electron chi connectivity index (χ0n) is 16.9. The van der Waals surface area contributed by atoms with Crippen LogP contribution in [0.2, 0.25) is 0 Å². The maximum absolute atomic E-state index is 12.9. The number of rotatable bonds is 8. The molecule has 1 amide bonds. The maximum Gasteiger partial charge on any atom is 0.242 e. The Morgan fingerprint density at radius 2 is 1.86 bits per heavy atom. The first-order valence-corrected chi connectivity index (χ1v) is 10.4. The van der Waals surface area contributed by atoms with E-state index in [0.717, 1.165) is 35.5 Å². The third kappa shape index (κ3) is 5.17. The normalized spacial score (nSPS) is 18.0. The Hall–Kier alpha value is -2.80. The van der Waals surface area contributed by atoms with Crippen LogP contribution in [0.3, 0.4) is 0 Å². The van der Waals surface area contributed by atoms with Gasteiger partial charge in [0.05, 0.1) is 32.2 Å². The Morgan fingerprint density at radius 1 is 1.10 bits per heavy atom. The Kier molecular flexibility index (Phi) is 7.30. The molecule has 0 saturated carbocycles. The highest BCUT2D eigenvalue weighted by Crippen LogP contribution is 2.32. The summed E-state index contributed by atoms with van der Waals surface area (Å²) < 4.78 is 10.5. The number of thioether (sulfide) groups is 1. The number of carbonyl (C=O) groups excluding carboxylic acids is 1. The minimum absolute atomic E-state index is 0.0823. The Balaban J connectivity index is 1.81. The van der Waals surface area contributed by atoms with Gasteiger partial charge in [0.25, 0.3) is 0 Å². The number of methoxy groups -OCH3 is 2. The van der Waals surface area contributed by atoms with E-state index in [1.165, 1.54) is 11.8 Å². The van der Waals surface area contributed by atoms with Gasteiger partial charge in [-0.3, -0.25) is 9.69 Å². The SMILES string of the molecule is CCCC1S/C(=N\N=C\c2ccccc2OC)N(Cc2ccc(OC)cc2)C1=O. The van der Waals surface area contributed by atoms with Crippen molar-refractivity contribution in [3.8, 4) is 11.5 Å². The summed E-state index contributed by atoms with van der Waals surface area (Å²) in [5, 5.41) is 9.10. The second-order valence-corrected chi connectivity index (χ2v) is 7.71. The third-order valence-electron chi connectivity index (χ3n) is 4.55. The van der Waals surface area contributed by atoms with Gasteiger partial charge in [0.15, 0.2) is 5.17 Å². The standard InChI is InChI=1S/C22H25N3O3S/c1-4-7-20-21(26)25(15-16-10-12-18(27-2)13-11-16)22(29-20)24-23-14-17-8-5-6-9-19(17)28-3/h5-6,8-14,20H,4,7,15H2,1-3H3/b23-14+,24-22-. The van der Waals surface area contributed by atoms with Gasteiger partial charge in [-0.05, 0) is 36.2 Å². The van der Waals surface area contributed by atoms with Gasteiger partial charge >= 0.3 is 0 Å². The van der Waals surface area contributed by atoms with Crippen LogP contribution in [-0.4, -0.2) is 41.7 Å². The molecule has 2 aromatic carbocycles. The van der Waals surface area contributed by atoms with Gasteiger partial charge in [-0.25, -0.2) is 0 Å².